The quantitative estimate of drug-likeness (QED) is 0.266. The van der Waals surface area contributed by atoms with Gasteiger partial charge >= 0.3 is 0 Å². The maximum Gasteiger partial charge on any atom is 0.250 e. The van der Waals surface area contributed by atoms with Crippen LogP contribution in [0.2, 0.25) is 5.02 Å². The van der Waals surface area contributed by atoms with E-state index in [1.165, 1.54) is 11.8 Å². The number of hydrogen-bond donors (Lipinski definition) is 1. The van der Waals surface area contributed by atoms with Crippen molar-refractivity contribution >= 4 is 46.5 Å². The van der Waals surface area contributed by atoms with Gasteiger partial charge in [-0.3, -0.25) is 9.78 Å². The Kier molecular flexibility index (Phi) is 6.41. The van der Waals surface area contributed by atoms with Crippen LogP contribution in [0.25, 0.3) is 11.0 Å². The van der Waals surface area contributed by atoms with Gasteiger partial charge in [0.1, 0.15) is 0 Å². The van der Waals surface area contributed by atoms with E-state index in [-0.39, 0.29) is 11.7 Å². The van der Waals surface area contributed by atoms with E-state index in [9.17, 15) is 4.79 Å². The van der Waals surface area contributed by atoms with E-state index < -0.39 is 0 Å². The number of carbonyl (C=O) groups excluding carboxylic acids is 1. The zero-order chi connectivity index (χ0) is 20.8. The van der Waals surface area contributed by atoms with Crippen molar-refractivity contribution in [3.05, 3.63) is 89.2 Å². The summed E-state index contributed by atoms with van der Waals surface area (Å²) in [4.78, 5) is 20.9. The molecule has 0 fully saturated rings. The first-order chi connectivity index (χ1) is 14.7. The van der Waals surface area contributed by atoms with Gasteiger partial charge in [0.15, 0.2) is 5.16 Å². The van der Waals surface area contributed by atoms with Crippen LogP contribution >= 0.6 is 23.4 Å². The maximum atomic E-state index is 12.2. The summed E-state index contributed by atoms with van der Waals surface area (Å²) in [6, 6.07) is 19.3. The molecule has 2 heterocycles. The van der Waals surface area contributed by atoms with Crippen LogP contribution in [-0.2, 0) is 11.3 Å². The molecule has 0 spiro atoms. The lowest BCUT2D eigenvalue weighted by Gasteiger charge is -2.09. The molecule has 0 saturated carbocycles. The molecule has 6 nitrogen and oxygen atoms in total. The summed E-state index contributed by atoms with van der Waals surface area (Å²) in [6.07, 6.45) is 4.93. The van der Waals surface area contributed by atoms with E-state index in [0.29, 0.717) is 11.6 Å². The maximum absolute atomic E-state index is 12.2. The normalized spacial score (nSPS) is 11.2. The van der Waals surface area contributed by atoms with Crippen LogP contribution in [-0.4, -0.2) is 32.4 Å². The number of imidazole rings is 1. The summed E-state index contributed by atoms with van der Waals surface area (Å²) in [7, 11) is 0. The lowest BCUT2D eigenvalue weighted by Crippen LogP contribution is -2.20. The molecule has 0 unspecified atom stereocenters. The molecule has 8 heteroatoms. The van der Waals surface area contributed by atoms with Crippen molar-refractivity contribution in [2.75, 3.05) is 5.75 Å². The number of nitrogens with one attached hydrogen (secondary N) is 1. The SMILES string of the molecule is O=C(CSc1nc2ccccc2n1Cc1ccc(Cl)cc1)NN=Cc1ccncc1. The second-order valence-corrected chi connectivity index (χ2v) is 7.84. The number of carbonyl (C=O) groups is 1. The Hall–Kier alpha value is -3.16. The first-order valence-electron chi connectivity index (χ1n) is 9.23. The van der Waals surface area contributed by atoms with Gasteiger partial charge in [0, 0.05) is 17.4 Å². The molecule has 0 radical (unpaired) electrons. The Labute approximate surface area is 183 Å². The largest absolute Gasteiger partial charge is 0.314 e. The predicted octanol–water partition coefficient (Wildman–Crippen LogP) is 4.38. The summed E-state index contributed by atoms with van der Waals surface area (Å²) in [5.41, 5.74) is 6.43. The van der Waals surface area contributed by atoms with Crippen LogP contribution < -0.4 is 5.43 Å². The van der Waals surface area contributed by atoms with Gasteiger partial charge in [-0.25, -0.2) is 10.4 Å². The number of hydrazone groups is 1. The van der Waals surface area contributed by atoms with Crippen molar-refractivity contribution in [3.63, 3.8) is 0 Å². The highest BCUT2D eigenvalue weighted by atomic mass is 35.5. The topological polar surface area (TPSA) is 72.2 Å². The lowest BCUT2D eigenvalue weighted by atomic mass is 10.2. The monoisotopic (exact) mass is 435 g/mol. The van der Waals surface area contributed by atoms with Gasteiger partial charge in [0.2, 0.25) is 0 Å². The molecule has 30 heavy (non-hydrogen) atoms. The van der Waals surface area contributed by atoms with Gasteiger partial charge in [-0.05, 0) is 47.5 Å². The van der Waals surface area contributed by atoms with Crippen LogP contribution in [0.5, 0.6) is 0 Å². The number of rotatable bonds is 7. The van der Waals surface area contributed by atoms with Crippen molar-refractivity contribution in [1.29, 1.82) is 0 Å². The lowest BCUT2D eigenvalue weighted by molar-refractivity contribution is -0.118. The zero-order valence-corrected chi connectivity index (χ0v) is 17.5. The van der Waals surface area contributed by atoms with Crippen molar-refractivity contribution in [3.8, 4) is 0 Å². The van der Waals surface area contributed by atoms with Gasteiger partial charge in [0.25, 0.3) is 5.91 Å². The van der Waals surface area contributed by atoms with E-state index in [0.717, 1.165) is 27.3 Å². The summed E-state index contributed by atoms with van der Waals surface area (Å²) in [5.74, 6) is 0.00728. The molecule has 0 saturated heterocycles. The van der Waals surface area contributed by atoms with E-state index in [1.807, 2.05) is 60.7 Å². The molecule has 150 valence electrons. The number of nitrogens with zero attached hydrogens (tertiary/aromatic N) is 4. The molecular formula is C22H18ClN5OS. The number of para-hydroxylation sites is 2. The van der Waals surface area contributed by atoms with Gasteiger partial charge in [-0.2, -0.15) is 5.10 Å². The Morgan fingerprint density at radius 3 is 2.67 bits per heavy atom. The minimum absolute atomic E-state index is 0.199. The number of benzene rings is 2. The Morgan fingerprint density at radius 1 is 1.10 bits per heavy atom. The first kappa shape index (κ1) is 20.1. The van der Waals surface area contributed by atoms with E-state index in [2.05, 4.69) is 20.1 Å². The number of thioether (sulfide) groups is 1. The standard InChI is InChI=1S/C22H18ClN5OS/c23-18-7-5-17(6-8-18)14-28-20-4-2-1-3-19(20)26-22(28)30-15-21(29)27-25-13-16-9-11-24-12-10-16/h1-13H,14-15H2,(H,27,29). The third kappa shape index (κ3) is 5.06. The molecule has 4 rings (SSSR count). The molecule has 4 aromatic rings. The van der Waals surface area contributed by atoms with Crippen LogP contribution in [0, 0.1) is 0 Å². The average Bonchev–Trinajstić information content (AvgIpc) is 3.12. The number of pyridine rings is 1. The van der Waals surface area contributed by atoms with Crippen LogP contribution in [0.3, 0.4) is 0 Å². The summed E-state index contributed by atoms with van der Waals surface area (Å²) < 4.78 is 2.11. The Balaban J connectivity index is 1.46. The molecule has 0 atom stereocenters. The number of amides is 1. The average molecular weight is 436 g/mol. The van der Waals surface area contributed by atoms with Gasteiger partial charge in [-0.15, -0.1) is 0 Å². The molecule has 2 aromatic carbocycles. The van der Waals surface area contributed by atoms with Gasteiger partial charge in [-0.1, -0.05) is 47.6 Å². The number of fused-ring (bicyclic) bond motifs is 1. The van der Waals surface area contributed by atoms with E-state index >= 15 is 0 Å². The Bertz CT molecular complexity index is 1180. The molecule has 1 N–H and O–H groups in total. The third-order valence-electron chi connectivity index (χ3n) is 4.31. The fourth-order valence-corrected chi connectivity index (χ4v) is 3.81. The van der Waals surface area contributed by atoms with Crippen LogP contribution in [0.4, 0.5) is 0 Å². The summed E-state index contributed by atoms with van der Waals surface area (Å²) in [5, 5.41) is 5.47. The second-order valence-electron chi connectivity index (χ2n) is 6.46. The van der Waals surface area contributed by atoms with Crippen molar-refractivity contribution < 1.29 is 4.79 Å². The number of halogens is 1. The van der Waals surface area contributed by atoms with Crippen molar-refractivity contribution in [2.24, 2.45) is 5.10 Å². The predicted molar refractivity (Wildman–Crippen MR) is 121 cm³/mol. The van der Waals surface area contributed by atoms with Crippen LogP contribution in [0.15, 0.2) is 83.3 Å². The van der Waals surface area contributed by atoms with Crippen molar-refractivity contribution in [2.45, 2.75) is 11.7 Å². The minimum atomic E-state index is -0.199. The van der Waals surface area contributed by atoms with Gasteiger partial charge < -0.3 is 4.57 Å². The van der Waals surface area contributed by atoms with E-state index in [4.69, 9.17) is 16.6 Å². The van der Waals surface area contributed by atoms with Crippen LogP contribution in [0.1, 0.15) is 11.1 Å². The van der Waals surface area contributed by atoms with Crippen molar-refractivity contribution in [1.82, 2.24) is 20.0 Å². The minimum Gasteiger partial charge on any atom is -0.314 e. The molecule has 1 amide bonds. The highest BCUT2D eigenvalue weighted by molar-refractivity contribution is 7.99. The van der Waals surface area contributed by atoms with Gasteiger partial charge in [0.05, 0.1) is 29.5 Å². The fraction of sp³-hybridized carbons (Fsp3) is 0.0909. The highest BCUT2D eigenvalue weighted by Crippen LogP contribution is 2.25. The highest BCUT2D eigenvalue weighted by Gasteiger charge is 2.13. The summed E-state index contributed by atoms with van der Waals surface area (Å²) >= 11 is 7.38. The smallest absolute Gasteiger partial charge is 0.250 e. The molecule has 0 bridgehead atoms. The van der Waals surface area contributed by atoms with E-state index in [1.54, 1.807) is 18.6 Å². The molecule has 0 aliphatic rings. The Morgan fingerprint density at radius 2 is 1.87 bits per heavy atom. The third-order valence-corrected chi connectivity index (χ3v) is 5.54. The first-order valence-corrected chi connectivity index (χ1v) is 10.6. The molecule has 0 aliphatic carbocycles. The molecule has 2 aromatic heterocycles. The zero-order valence-electron chi connectivity index (χ0n) is 15.9. The molecule has 0 aliphatic heterocycles. The summed E-state index contributed by atoms with van der Waals surface area (Å²) in [6.45, 7) is 0.641. The number of aromatic nitrogens is 3. The molecular weight excluding hydrogens is 418 g/mol. The fourth-order valence-electron chi connectivity index (χ4n) is 2.88. The number of hydrogen-bond acceptors (Lipinski definition) is 5. The second kappa shape index (κ2) is 9.56.